The number of hydrogen-bond donors (Lipinski definition) is 1. The first-order valence-electron chi connectivity index (χ1n) is 3.71. The van der Waals surface area contributed by atoms with Crippen molar-refractivity contribution >= 4 is 15.9 Å². The minimum absolute atomic E-state index is 0.00694. The van der Waals surface area contributed by atoms with E-state index in [-0.39, 0.29) is 6.04 Å². The molecule has 0 unspecified atom stereocenters. The monoisotopic (exact) mass is 226 g/mol. The van der Waals surface area contributed by atoms with Crippen LogP contribution in [-0.2, 0) is 0 Å². The van der Waals surface area contributed by atoms with E-state index in [2.05, 4.69) is 27.5 Å². The second kappa shape index (κ2) is 4.38. The summed E-state index contributed by atoms with van der Waals surface area (Å²) < 4.78 is 0.958. The van der Waals surface area contributed by atoms with Crippen LogP contribution in [0.1, 0.15) is 18.0 Å². The van der Waals surface area contributed by atoms with E-state index in [0.717, 1.165) is 16.5 Å². The van der Waals surface area contributed by atoms with Gasteiger partial charge in [0.25, 0.3) is 0 Å². The van der Waals surface area contributed by atoms with Gasteiger partial charge in [0.15, 0.2) is 0 Å². The van der Waals surface area contributed by atoms with Gasteiger partial charge in [-0.1, -0.05) is 6.08 Å². The standard InChI is InChI=1S/C9H11BrN2/c1-2-3-9(11)7-4-8(10)6-12-5-7/h2,4-6,9H,1,3,11H2/t9-/m0/s1. The first-order valence-corrected chi connectivity index (χ1v) is 4.50. The number of halogens is 1. The van der Waals surface area contributed by atoms with Crippen LogP contribution in [-0.4, -0.2) is 4.98 Å². The molecule has 1 rings (SSSR count). The summed E-state index contributed by atoms with van der Waals surface area (Å²) in [5.74, 6) is 0. The van der Waals surface area contributed by atoms with Crippen LogP contribution in [0.15, 0.2) is 35.6 Å². The molecule has 1 atom stereocenters. The molecule has 0 saturated carbocycles. The normalized spacial score (nSPS) is 12.5. The fraction of sp³-hybridized carbons (Fsp3) is 0.222. The van der Waals surface area contributed by atoms with Crippen LogP contribution < -0.4 is 5.73 Å². The SMILES string of the molecule is C=CC[C@H](N)c1cncc(Br)c1. The Morgan fingerprint density at radius 1 is 1.67 bits per heavy atom. The van der Waals surface area contributed by atoms with Gasteiger partial charge in [-0.15, -0.1) is 6.58 Å². The quantitative estimate of drug-likeness (QED) is 0.805. The molecule has 0 aliphatic rings. The molecule has 0 radical (unpaired) electrons. The highest BCUT2D eigenvalue weighted by Gasteiger charge is 2.03. The highest BCUT2D eigenvalue weighted by Crippen LogP contribution is 2.17. The number of nitrogens with two attached hydrogens (primary N) is 1. The molecule has 1 aromatic rings. The molecular formula is C9H11BrN2. The predicted octanol–water partition coefficient (Wildman–Crippen LogP) is 2.42. The molecule has 1 heterocycles. The topological polar surface area (TPSA) is 38.9 Å². The van der Waals surface area contributed by atoms with Crippen molar-refractivity contribution in [3.8, 4) is 0 Å². The molecule has 0 aliphatic heterocycles. The largest absolute Gasteiger partial charge is 0.324 e. The maximum atomic E-state index is 5.84. The summed E-state index contributed by atoms with van der Waals surface area (Å²) in [7, 11) is 0. The zero-order chi connectivity index (χ0) is 8.97. The van der Waals surface area contributed by atoms with Crippen molar-refractivity contribution in [3.63, 3.8) is 0 Å². The molecule has 0 aliphatic carbocycles. The highest BCUT2D eigenvalue weighted by molar-refractivity contribution is 9.10. The first-order chi connectivity index (χ1) is 5.74. The van der Waals surface area contributed by atoms with E-state index < -0.39 is 0 Å². The van der Waals surface area contributed by atoms with Crippen molar-refractivity contribution in [2.24, 2.45) is 5.73 Å². The Labute approximate surface area is 80.6 Å². The third-order valence-electron chi connectivity index (χ3n) is 1.57. The van der Waals surface area contributed by atoms with E-state index in [4.69, 9.17) is 5.73 Å². The number of aromatic nitrogens is 1. The van der Waals surface area contributed by atoms with Gasteiger partial charge >= 0.3 is 0 Å². The third kappa shape index (κ3) is 2.43. The smallest absolute Gasteiger partial charge is 0.0410 e. The van der Waals surface area contributed by atoms with E-state index >= 15 is 0 Å². The molecule has 2 nitrogen and oxygen atoms in total. The van der Waals surface area contributed by atoms with E-state index in [0.29, 0.717) is 0 Å². The Bertz CT molecular complexity index is 273. The Hall–Kier alpha value is -0.670. The zero-order valence-corrected chi connectivity index (χ0v) is 8.29. The van der Waals surface area contributed by atoms with Gasteiger partial charge in [0.05, 0.1) is 0 Å². The summed E-state index contributed by atoms with van der Waals surface area (Å²) >= 11 is 3.34. The molecular weight excluding hydrogens is 216 g/mol. The van der Waals surface area contributed by atoms with E-state index in [9.17, 15) is 0 Å². The molecule has 2 N–H and O–H groups in total. The predicted molar refractivity (Wildman–Crippen MR) is 53.7 cm³/mol. The van der Waals surface area contributed by atoms with Crippen LogP contribution in [0.5, 0.6) is 0 Å². The van der Waals surface area contributed by atoms with Crippen molar-refractivity contribution in [2.75, 3.05) is 0 Å². The number of pyridine rings is 1. The molecule has 3 heteroatoms. The van der Waals surface area contributed by atoms with Crippen molar-refractivity contribution in [2.45, 2.75) is 12.5 Å². The molecule has 0 aromatic carbocycles. The maximum Gasteiger partial charge on any atom is 0.0410 e. The number of hydrogen-bond acceptors (Lipinski definition) is 2. The Balaban J connectivity index is 2.80. The van der Waals surface area contributed by atoms with Gasteiger partial charge in [-0.3, -0.25) is 4.98 Å². The summed E-state index contributed by atoms with van der Waals surface area (Å²) in [6.45, 7) is 3.64. The molecule has 64 valence electrons. The van der Waals surface area contributed by atoms with Crippen LogP contribution in [0.2, 0.25) is 0 Å². The summed E-state index contributed by atoms with van der Waals surface area (Å²) in [6.07, 6.45) is 6.10. The highest BCUT2D eigenvalue weighted by atomic mass is 79.9. The van der Waals surface area contributed by atoms with Crippen molar-refractivity contribution in [1.82, 2.24) is 4.98 Å². The van der Waals surface area contributed by atoms with Gasteiger partial charge in [-0.2, -0.15) is 0 Å². The summed E-state index contributed by atoms with van der Waals surface area (Å²) in [5.41, 5.74) is 6.87. The van der Waals surface area contributed by atoms with E-state index in [1.165, 1.54) is 0 Å². The van der Waals surface area contributed by atoms with E-state index in [1.807, 2.05) is 12.1 Å². The minimum Gasteiger partial charge on any atom is -0.324 e. The fourth-order valence-electron chi connectivity index (χ4n) is 0.947. The lowest BCUT2D eigenvalue weighted by Crippen LogP contribution is -2.09. The lowest BCUT2D eigenvalue weighted by molar-refractivity contribution is 0.736. The van der Waals surface area contributed by atoms with Gasteiger partial charge in [0.1, 0.15) is 0 Å². The van der Waals surface area contributed by atoms with Gasteiger partial charge < -0.3 is 5.73 Å². The molecule has 0 fully saturated rings. The van der Waals surface area contributed by atoms with Crippen LogP contribution in [0.4, 0.5) is 0 Å². The van der Waals surface area contributed by atoms with Gasteiger partial charge in [-0.25, -0.2) is 0 Å². The number of nitrogens with zero attached hydrogens (tertiary/aromatic N) is 1. The fourth-order valence-corrected chi connectivity index (χ4v) is 1.33. The maximum absolute atomic E-state index is 5.84. The van der Waals surface area contributed by atoms with Gasteiger partial charge in [-0.05, 0) is 34.0 Å². The van der Waals surface area contributed by atoms with Crippen molar-refractivity contribution in [3.05, 3.63) is 41.2 Å². The van der Waals surface area contributed by atoms with Crippen LogP contribution in [0.3, 0.4) is 0 Å². The first kappa shape index (κ1) is 9.42. The van der Waals surface area contributed by atoms with Crippen LogP contribution in [0.25, 0.3) is 0 Å². The van der Waals surface area contributed by atoms with Gasteiger partial charge in [0.2, 0.25) is 0 Å². The molecule has 1 aromatic heterocycles. The summed E-state index contributed by atoms with van der Waals surface area (Å²) in [6, 6.07) is 1.98. The molecule has 12 heavy (non-hydrogen) atoms. The average molecular weight is 227 g/mol. The summed E-state index contributed by atoms with van der Waals surface area (Å²) in [5, 5.41) is 0. The van der Waals surface area contributed by atoms with Gasteiger partial charge in [0, 0.05) is 22.9 Å². The van der Waals surface area contributed by atoms with E-state index in [1.54, 1.807) is 12.4 Å². The lowest BCUT2D eigenvalue weighted by atomic mass is 10.1. The van der Waals surface area contributed by atoms with Crippen molar-refractivity contribution < 1.29 is 0 Å². The molecule has 0 spiro atoms. The molecule has 0 saturated heterocycles. The van der Waals surface area contributed by atoms with Crippen molar-refractivity contribution in [1.29, 1.82) is 0 Å². The summed E-state index contributed by atoms with van der Waals surface area (Å²) in [4.78, 5) is 4.03. The third-order valence-corrected chi connectivity index (χ3v) is 2.01. The van der Waals surface area contributed by atoms with Crippen LogP contribution >= 0.6 is 15.9 Å². The Morgan fingerprint density at radius 3 is 3.00 bits per heavy atom. The second-order valence-electron chi connectivity index (χ2n) is 2.57. The van der Waals surface area contributed by atoms with Crippen LogP contribution in [0, 0.1) is 0 Å². The Morgan fingerprint density at radius 2 is 2.42 bits per heavy atom. The Kier molecular flexibility index (Phi) is 3.44. The number of rotatable bonds is 3. The molecule has 0 bridgehead atoms. The second-order valence-corrected chi connectivity index (χ2v) is 3.48. The minimum atomic E-state index is 0.00694. The lowest BCUT2D eigenvalue weighted by Gasteiger charge is -2.08. The average Bonchev–Trinajstić information content (AvgIpc) is 2.05. The zero-order valence-electron chi connectivity index (χ0n) is 6.70. The molecule has 0 amide bonds.